The van der Waals surface area contributed by atoms with Crippen LogP contribution < -0.4 is 0 Å². The number of Topliss-reactive ketones (excluding diaryl/α,β-unsaturated/α-hetero) is 1. The first kappa shape index (κ1) is 14.6. The maximum absolute atomic E-state index is 12.0. The van der Waals surface area contributed by atoms with Crippen molar-refractivity contribution in [2.75, 3.05) is 0 Å². The van der Waals surface area contributed by atoms with Gasteiger partial charge in [0, 0.05) is 11.6 Å². The molecule has 0 radical (unpaired) electrons. The molecule has 0 aliphatic rings. The molecule has 96 valence electrons. The third-order valence-corrected chi connectivity index (χ3v) is 2.97. The second kappa shape index (κ2) is 6.50. The second-order valence-corrected chi connectivity index (χ2v) is 5.30. The van der Waals surface area contributed by atoms with Gasteiger partial charge in [0.25, 0.3) is 0 Å². The maximum atomic E-state index is 12.0. The fraction of sp³-hybridized carbons (Fsp3) is 0.286. The van der Waals surface area contributed by atoms with Gasteiger partial charge in [0.05, 0.1) is 4.83 Å². The Bertz CT molecular complexity index is 490. The number of hydrogen-bond acceptors (Lipinski definition) is 2. The first-order chi connectivity index (χ1) is 8.45. The molecule has 1 N–H and O–H groups in total. The number of carboxylic acid groups (broad SMARTS) is 1. The van der Waals surface area contributed by atoms with Crippen LogP contribution in [-0.4, -0.2) is 21.7 Å². The van der Waals surface area contributed by atoms with Gasteiger partial charge in [0.15, 0.2) is 5.78 Å². The van der Waals surface area contributed by atoms with E-state index in [1.165, 1.54) is 6.08 Å². The Morgan fingerprint density at radius 2 is 2.11 bits per heavy atom. The number of aliphatic carboxylic acids is 1. The summed E-state index contributed by atoms with van der Waals surface area (Å²) in [4.78, 5) is 22.3. The zero-order chi connectivity index (χ0) is 13.7. The Morgan fingerprint density at radius 3 is 2.61 bits per heavy atom. The lowest BCUT2D eigenvalue weighted by atomic mass is 9.98. The van der Waals surface area contributed by atoms with E-state index in [1.807, 2.05) is 19.1 Å². The molecule has 1 unspecified atom stereocenters. The van der Waals surface area contributed by atoms with Crippen LogP contribution in [0.4, 0.5) is 0 Å². The highest BCUT2D eigenvalue weighted by atomic mass is 79.9. The maximum Gasteiger partial charge on any atom is 0.328 e. The zero-order valence-electron chi connectivity index (χ0n) is 10.3. The van der Waals surface area contributed by atoms with E-state index in [1.54, 1.807) is 13.0 Å². The highest BCUT2D eigenvalue weighted by Gasteiger charge is 2.15. The van der Waals surface area contributed by atoms with Crippen molar-refractivity contribution < 1.29 is 14.7 Å². The minimum atomic E-state index is -1.03. The lowest BCUT2D eigenvalue weighted by molar-refractivity contribution is -0.131. The summed E-state index contributed by atoms with van der Waals surface area (Å²) < 4.78 is 0. The van der Waals surface area contributed by atoms with Crippen molar-refractivity contribution in [2.45, 2.75) is 25.1 Å². The highest BCUT2D eigenvalue weighted by molar-refractivity contribution is 9.10. The van der Waals surface area contributed by atoms with Crippen molar-refractivity contribution >= 4 is 33.8 Å². The van der Waals surface area contributed by atoms with Gasteiger partial charge in [0.1, 0.15) is 0 Å². The van der Waals surface area contributed by atoms with Crippen LogP contribution in [0, 0.1) is 0 Å². The minimum absolute atomic E-state index is 0.0531. The summed E-state index contributed by atoms with van der Waals surface area (Å²) in [6.45, 7) is 3.76. The molecule has 0 aliphatic heterocycles. The van der Waals surface area contributed by atoms with Crippen LogP contribution in [0.25, 0.3) is 6.08 Å². The van der Waals surface area contributed by atoms with Gasteiger partial charge in [-0.3, -0.25) is 4.79 Å². The van der Waals surface area contributed by atoms with Crippen LogP contribution >= 0.6 is 15.9 Å². The minimum Gasteiger partial charge on any atom is -0.478 e. The number of carboxylic acids is 1. The molecular weight excluding hydrogens is 296 g/mol. The quantitative estimate of drug-likeness (QED) is 0.515. The number of aryl methyl sites for hydroxylation is 1. The van der Waals surface area contributed by atoms with Gasteiger partial charge >= 0.3 is 5.97 Å². The van der Waals surface area contributed by atoms with Gasteiger partial charge in [-0.1, -0.05) is 41.1 Å². The number of benzene rings is 1. The topological polar surface area (TPSA) is 54.4 Å². The molecule has 0 saturated heterocycles. The Hall–Kier alpha value is -1.42. The molecular formula is C14H15BrO3. The van der Waals surface area contributed by atoms with Crippen molar-refractivity contribution in [2.24, 2.45) is 0 Å². The second-order valence-electron chi connectivity index (χ2n) is 3.93. The van der Waals surface area contributed by atoms with Crippen molar-refractivity contribution in [1.29, 1.82) is 0 Å². The smallest absolute Gasteiger partial charge is 0.328 e. The third-order valence-electron chi connectivity index (χ3n) is 2.56. The molecule has 0 aliphatic carbocycles. The number of carbonyl (C=O) groups is 2. The van der Waals surface area contributed by atoms with E-state index in [9.17, 15) is 9.59 Å². The largest absolute Gasteiger partial charge is 0.478 e. The summed E-state index contributed by atoms with van der Waals surface area (Å²) in [5.74, 6) is -1.08. The van der Waals surface area contributed by atoms with E-state index in [0.29, 0.717) is 11.1 Å². The van der Waals surface area contributed by atoms with Gasteiger partial charge in [-0.2, -0.15) is 0 Å². The molecule has 0 amide bonds. The molecule has 0 saturated carbocycles. The fourth-order valence-electron chi connectivity index (χ4n) is 1.57. The molecule has 0 bridgehead atoms. The van der Waals surface area contributed by atoms with Gasteiger partial charge in [0.2, 0.25) is 0 Å². The Labute approximate surface area is 115 Å². The third kappa shape index (κ3) is 3.81. The lowest BCUT2D eigenvalue weighted by Crippen LogP contribution is -2.11. The highest BCUT2D eigenvalue weighted by Crippen LogP contribution is 2.18. The molecule has 1 aromatic carbocycles. The molecule has 18 heavy (non-hydrogen) atoms. The van der Waals surface area contributed by atoms with Gasteiger partial charge in [-0.15, -0.1) is 0 Å². The normalized spacial score (nSPS) is 12.6. The molecule has 1 atom stereocenters. The van der Waals surface area contributed by atoms with Crippen molar-refractivity contribution in [3.05, 3.63) is 41.0 Å². The number of carbonyl (C=O) groups excluding carboxylic acids is 1. The number of halogens is 1. The molecule has 0 heterocycles. The predicted octanol–water partition coefficient (Wildman–Crippen LogP) is 3.31. The summed E-state index contributed by atoms with van der Waals surface area (Å²) >= 11 is 3.24. The molecule has 1 rings (SSSR count). The van der Waals surface area contributed by atoms with Crippen molar-refractivity contribution in [3.63, 3.8) is 0 Å². The van der Waals surface area contributed by atoms with Crippen LogP contribution in [0.1, 0.15) is 35.3 Å². The van der Waals surface area contributed by atoms with Gasteiger partial charge in [-0.25, -0.2) is 4.79 Å². The summed E-state index contributed by atoms with van der Waals surface area (Å²) in [7, 11) is 0. The van der Waals surface area contributed by atoms with Gasteiger partial charge < -0.3 is 5.11 Å². The monoisotopic (exact) mass is 310 g/mol. The van der Waals surface area contributed by atoms with E-state index in [4.69, 9.17) is 5.11 Å². The standard InChI is InChI=1S/C14H15BrO3/c1-3-10-4-6-12(14(18)9(2)15)11(8-10)5-7-13(16)17/h4-9H,3H2,1-2H3,(H,16,17). The molecule has 0 fully saturated rings. The number of alkyl halides is 1. The van der Waals surface area contributed by atoms with E-state index in [0.717, 1.165) is 18.1 Å². The average Bonchev–Trinajstić information content (AvgIpc) is 2.34. The average molecular weight is 311 g/mol. The van der Waals surface area contributed by atoms with Crippen LogP contribution in [0.3, 0.4) is 0 Å². The molecule has 0 spiro atoms. The summed E-state index contributed by atoms with van der Waals surface area (Å²) in [5, 5.41) is 8.66. The van der Waals surface area contributed by atoms with Crippen molar-refractivity contribution in [3.8, 4) is 0 Å². The van der Waals surface area contributed by atoms with Gasteiger partial charge in [-0.05, 0) is 30.5 Å². The van der Waals surface area contributed by atoms with Crippen LogP contribution in [0.2, 0.25) is 0 Å². The number of rotatable bonds is 5. The van der Waals surface area contributed by atoms with Crippen molar-refractivity contribution in [1.82, 2.24) is 0 Å². The SMILES string of the molecule is CCc1ccc(C(=O)C(C)Br)c(C=CC(=O)O)c1. The first-order valence-electron chi connectivity index (χ1n) is 5.68. The molecule has 1 aromatic rings. The molecule has 3 nitrogen and oxygen atoms in total. The van der Waals surface area contributed by atoms with E-state index < -0.39 is 5.97 Å². The molecule has 0 aromatic heterocycles. The lowest BCUT2D eigenvalue weighted by Gasteiger charge is -2.08. The summed E-state index contributed by atoms with van der Waals surface area (Å²) in [6.07, 6.45) is 3.35. The summed E-state index contributed by atoms with van der Waals surface area (Å²) in [6, 6.07) is 5.49. The Balaban J connectivity index is 3.24. The number of ketones is 1. The Kier molecular flexibility index (Phi) is 5.28. The fourth-order valence-corrected chi connectivity index (χ4v) is 1.82. The van der Waals surface area contributed by atoms with Crippen LogP contribution in [0.5, 0.6) is 0 Å². The van der Waals surface area contributed by atoms with E-state index in [-0.39, 0.29) is 10.6 Å². The van der Waals surface area contributed by atoms with E-state index >= 15 is 0 Å². The molecule has 4 heteroatoms. The summed E-state index contributed by atoms with van der Waals surface area (Å²) in [5.41, 5.74) is 2.25. The Morgan fingerprint density at radius 1 is 1.44 bits per heavy atom. The zero-order valence-corrected chi connectivity index (χ0v) is 11.9. The van der Waals surface area contributed by atoms with E-state index in [2.05, 4.69) is 15.9 Å². The predicted molar refractivity (Wildman–Crippen MR) is 75.2 cm³/mol. The van der Waals surface area contributed by atoms with Crippen LogP contribution in [0.15, 0.2) is 24.3 Å². The first-order valence-corrected chi connectivity index (χ1v) is 6.59. The number of hydrogen-bond donors (Lipinski definition) is 1. The van der Waals surface area contributed by atoms with Crippen LogP contribution in [-0.2, 0) is 11.2 Å².